The van der Waals surface area contributed by atoms with E-state index >= 15 is 0 Å². The number of amides is 1. The van der Waals surface area contributed by atoms with Crippen LogP contribution in [0.5, 0.6) is 11.5 Å². The molecule has 0 aliphatic heterocycles. The quantitative estimate of drug-likeness (QED) is 0.649. The standard InChI is InChI=1S/C22H24N4O3/c1-5-26(17-8-6-7-15(2)11-17)21(27)16-13-23-22(24-14-16)25-19-12-18(28-3)9-10-20(19)29-4/h6-14H,5H2,1-4H3,(H,23,24,25). The van der Waals surface area contributed by atoms with Crippen molar-refractivity contribution in [2.75, 3.05) is 31.0 Å². The fourth-order valence-corrected chi connectivity index (χ4v) is 2.93. The molecular weight excluding hydrogens is 368 g/mol. The van der Waals surface area contributed by atoms with Crippen LogP contribution in [-0.2, 0) is 0 Å². The minimum Gasteiger partial charge on any atom is -0.497 e. The van der Waals surface area contributed by atoms with Crippen LogP contribution in [0.1, 0.15) is 22.8 Å². The van der Waals surface area contributed by atoms with E-state index in [1.54, 1.807) is 37.3 Å². The summed E-state index contributed by atoms with van der Waals surface area (Å²) in [6, 6.07) is 13.2. The number of anilines is 3. The summed E-state index contributed by atoms with van der Waals surface area (Å²) in [5, 5.41) is 3.09. The molecule has 7 nitrogen and oxygen atoms in total. The predicted molar refractivity (Wildman–Crippen MR) is 113 cm³/mol. The number of nitrogens with zero attached hydrogens (tertiary/aromatic N) is 3. The molecule has 1 aromatic heterocycles. The third-order valence-corrected chi connectivity index (χ3v) is 4.43. The number of methoxy groups -OCH3 is 2. The van der Waals surface area contributed by atoms with Crippen molar-refractivity contribution >= 4 is 23.2 Å². The molecule has 0 fully saturated rings. The Bertz CT molecular complexity index is 990. The van der Waals surface area contributed by atoms with Crippen molar-refractivity contribution < 1.29 is 14.3 Å². The summed E-state index contributed by atoms with van der Waals surface area (Å²) >= 11 is 0. The number of hydrogen-bond donors (Lipinski definition) is 1. The Hall–Kier alpha value is -3.61. The molecule has 1 heterocycles. The van der Waals surface area contributed by atoms with Crippen molar-refractivity contribution in [1.29, 1.82) is 0 Å². The van der Waals surface area contributed by atoms with Crippen LogP contribution in [0.15, 0.2) is 54.9 Å². The molecule has 0 saturated carbocycles. The number of carbonyl (C=O) groups excluding carboxylic acids is 1. The zero-order chi connectivity index (χ0) is 20.8. The molecular formula is C22H24N4O3. The van der Waals surface area contributed by atoms with Crippen molar-refractivity contribution in [2.45, 2.75) is 13.8 Å². The van der Waals surface area contributed by atoms with Crippen LogP contribution in [0, 0.1) is 6.92 Å². The zero-order valence-corrected chi connectivity index (χ0v) is 17.0. The lowest BCUT2D eigenvalue weighted by Gasteiger charge is -2.21. The van der Waals surface area contributed by atoms with Gasteiger partial charge in [-0.1, -0.05) is 12.1 Å². The molecule has 0 unspecified atom stereocenters. The molecule has 0 saturated heterocycles. The first-order valence-corrected chi connectivity index (χ1v) is 9.25. The summed E-state index contributed by atoms with van der Waals surface area (Å²) in [6.45, 7) is 4.48. The molecule has 0 aliphatic carbocycles. The maximum atomic E-state index is 12.9. The number of aromatic nitrogens is 2. The van der Waals surface area contributed by atoms with Crippen molar-refractivity contribution in [2.24, 2.45) is 0 Å². The Morgan fingerprint density at radius 1 is 1.07 bits per heavy atom. The van der Waals surface area contributed by atoms with E-state index in [-0.39, 0.29) is 5.91 Å². The van der Waals surface area contributed by atoms with Gasteiger partial charge in [-0.2, -0.15) is 0 Å². The van der Waals surface area contributed by atoms with Crippen LogP contribution in [-0.4, -0.2) is 36.6 Å². The van der Waals surface area contributed by atoms with Crippen molar-refractivity contribution in [3.05, 3.63) is 66.0 Å². The fraction of sp³-hybridized carbons (Fsp3) is 0.227. The molecule has 1 amide bonds. The van der Waals surface area contributed by atoms with Crippen LogP contribution in [0.3, 0.4) is 0 Å². The van der Waals surface area contributed by atoms with Gasteiger partial charge in [0.05, 0.1) is 25.5 Å². The van der Waals surface area contributed by atoms with Crippen LogP contribution in [0.25, 0.3) is 0 Å². The summed E-state index contributed by atoms with van der Waals surface area (Å²) in [4.78, 5) is 23.2. The van der Waals surface area contributed by atoms with E-state index in [0.717, 1.165) is 11.3 Å². The maximum Gasteiger partial charge on any atom is 0.261 e. The van der Waals surface area contributed by atoms with Gasteiger partial charge in [-0.05, 0) is 43.7 Å². The molecule has 3 rings (SSSR count). The fourth-order valence-electron chi connectivity index (χ4n) is 2.93. The zero-order valence-electron chi connectivity index (χ0n) is 17.0. The Labute approximate surface area is 170 Å². The summed E-state index contributed by atoms with van der Waals surface area (Å²) < 4.78 is 10.6. The van der Waals surface area contributed by atoms with Crippen molar-refractivity contribution in [3.8, 4) is 11.5 Å². The number of nitrogens with one attached hydrogen (secondary N) is 1. The molecule has 29 heavy (non-hydrogen) atoms. The van der Waals surface area contributed by atoms with Gasteiger partial charge in [-0.25, -0.2) is 9.97 Å². The number of benzene rings is 2. The van der Waals surface area contributed by atoms with Gasteiger partial charge in [0, 0.05) is 30.7 Å². The Kier molecular flexibility index (Phi) is 6.29. The van der Waals surface area contributed by atoms with Gasteiger partial charge in [0.15, 0.2) is 0 Å². The molecule has 0 aliphatic rings. The van der Waals surface area contributed by atoms with Crippen LogP contribution in [0.2, 0.25) is 0 Å². The highest BCUT2D eigenvalue weighted by atomic mass is 16.5. The van der Waals surface area contributed by atoms with E-state index in [1.165, 1.54) is 12.4 Å². The molecule has 7 heteroatoms. The summed E-state index contributed by atoms with van der Waals surface area (Å²) in [6.07, 6.45) is 3.03. The minimum atomic E-state index is -0.149. The lowest BCUT2D eigenvalue weighted by molar-refractivity contribution is 0.0987. The number of rotatable bonds is 7. The number of ether oxygens (including phenoxy) is 2. The van der Waals surface area contributed by atoms with Gasteiger partial charge < -0.3 is 19.7 Å². The summed E-state index contributed by atoms with van der Waals surface area (Å²) in [7, 11) is 3.18. The first-order valence-electron chi connectivity index (χ1n) is 9.25. The van der Waals surface area contributed by atoms with E-state index < -0.39 is 0 Å². The third-order valence-electron chi connectivity index (χ3n) is 4.43. The second kappa shape index (κ2) is 9.05. The molecule has 0 bridgehead atoms. The predicted octanol–water partition coefficient (Wildman–Crippen LogP) is 4.21. The van der Waals surface area contributed by atoms with Crippen molar-refractivity contribution in [3.63, 3.8) is 0 Å². The Balaban J connectivity index is 1.80. The van der Waals surface area contributed by atoms with E-state index in [0.29, 0.717) is 35.2 Å². The lowest BCUT2D eigenvalue weighted by atomic mass is 10.2. The molecule has 0 spiro atoms. The van der Waals surface area contributed by atoms with Crippen LogP contribution >= 0.6 is 0 Å². The van der Waals surface area contributed by atoms with E-state index in [9.17, 15) is 4.79 Å². The molecule has 3 aromatic rings. The second-order valence-corrected chi connectivity index (χ2v) is 6.37. The molecule has 150 valence electrons. The monoisotopic (exact) mass is 392 g/mol. The first kappa shape index (κ1) is 20.1. The molecule has 1 N–H and O–H groups in total. The number of hydrogen-bond acceptors (Lipinski definition) is 6. The average molecular weight is 392 g/mol. The lowest BCUT2D eigenvalue weighted by Crippen LogP contribution is -2.30. The van der Waals surface area contributed by atoms with E-state index in [2.05, 4.69) is 15.3 Å². The third kappa shape index (κ3) is 4.63. The Morgan fingerprint density at radius 2 is 1.83 bits per heavy atom. The number of aryl methyl sites for hydroxylation is 1. The molecule has 0 radical (unpaired) electrons. The van der Waals surface area contributed by atoms with Gasteiger partial charge in [-0.15, -0.1) is 0 Å². The topological polar surface area (TPSA) is 76.6 Å². The van der Waals surface area contributed by atoms with Gasteiger partial charge in [-0.3, -0.25) is 4.79 Å². The SMILES string of the molecule is CCN(C(=O)c1cnc(Nc2cc(OC)ccc2OC)nc1)c1cccc(C)c1. The highest BCUT2D eigenvalue weighted by Gasteiger charge is 2.17. The van der Waals surface area contributed by atoms with E-state index in [4.69, 9.17) is 9.47 Å². The normalized spacial score (nSPS) is 10.3. The highest BCUT2D eigenvalue weighted by Crippen LogP contribution is 2.30. The average Bonchev–Trinajstić information content (AvgIpc) is 2.74. The van der Waals surface area contributed by atoms with Gasteiger partial charge >= 0.3 is 0 Å². The highest BCUT2D eigenvalue weighted by molar-refractivity contribution is 6.05. The van der Waals surface area contributed by atoms with Crippen LogP contribution in [0.4, 0.5) is 17.3 Å². The minimum absolute atomic E-state index is 0.149. The summed E-state index contributed by atoms with van der Waals surface area (Å²) in [5.41, 5.74) is 3.02. The smallest absolute Gasteiger partial charge is 0.261 e. The second-order valence-electron chi connectivity index (χ2n) is 6.37. The first-order chi connectivity index (χ1) is 14.0. The van der Waals surface area contributed by atoms with Crippen molar-refractivity contribution in [1.82, 2.24) is 9.97 Å². The summed E-state index contributed by atoms with van der Waals surface area (Å²) in [5.74, 6) is 1.51. The maximum absolute atomic E-state index is 12.9. The van der Waals surface area contributed by atoms with Gasteiger partial charge in [0.25, 0.3) is 5.91 Å². The van der Waals surface area contributed by atoms with Gasteiger partial charge in [0.1, 0.15) is 11.5 Å². The largest absolute Gasteiger partial charge is 0.497 e. The van der Waals surface area contributed by atoms with E-state index in [1.807, 2.05) is 38.1 Å². The van der Waals surface area contributed by atoms with Crippen LogP contribution < -0.4 is 19.7 Å². The molecule has 2 aromatic carbocycles. The van der Waals surface area contributed by atoms with Gasteiger partial charge in [0.2, 0.25) is 5.95 Å². The molecule has 0 atom stereocenters. The number of carbonyl (C=O) groups is 1. The Morgan fingerprint density at radius 3 is 2.45 bits per heavy atom.